The second kappa shape index (κ2) is 9.09. The zero-order valence-electron chi connectivity index (χ0n) is 14.3. The number of benzene rings is 2. The SMILES string of the molecule is CCOC(=O)C(=C(C)NCc1ccccc1)c1c(O)cc(Br)c(O)c1Br. The lowest BCUT2D eigenvalue weighted by Gasteiger charge is -2.17. The highest BCUT2D eigenvalue weighted by molar-refractivity contribution is 9.11. The fourth-order valence-electron chi connectivity index (χ4n) is 2.40. The predicted molar refractivity (Wildman–Crippen MR) is 108 cm³/mol. The molecule has 0 fully saturated rings. The van der Waals surface area contributed by atoms with Gasteiger partial charge in [0.15, 0.2) is 0 Å². The van der Waals surface area contributed by atoms with Crippen molar-refractivity contribution in [3.8, 4) is 11.5 Å². The molecule has 3 N–H and O–H groups in total. The van der Waals surface area contributed by atoms with Crippen LogP contribution in [0.1, 0.15) is 25.0 Å². The molecule has 0 heterocycles. The number of carbonyl (C=O) groups excluding carboxylic acids is 1. The molecular weight excluding hydrogens is 466 g/mol. The van der Waals surface area contributed by atoms with Crippen LogP contribution in [0.25, 0.3) is 5.57 Å². The smallest absolute Gasteiger partial charge is 0.340 e. The molecule has 5 nitrogen and oxygen atoms in total. The summed E-state index contributed by atoms with van der Waals surface area (Å²) in [7, 11) is 0. The van der Waals surface area contributed by atoms with Crippen molar-refractivity contribution in [3.63, 3.8) is 0 Å². The van der Waals surface area contributed by atoms with E-state index < -0.39 is 5.97 Å². The Bertz CT molecular complexity index is 835. The number of esters is 1. The number of allylic oxidation sites excluding steroid dienone is 1. The summed E-state index contributed by atoms with van der Waals surface area (Å²) < 4.78 is 5.66. The Labute approximate surface area is 169 Å². The number of hydrogen-bond donors (Lipinski definition) is 3. The van der Waals surface area contributed by atoms with E-state index in [4.69, 9.17) is 4.74 Å². The second-order valence-corrected chi connectivity index (χ2v) is 7.12. The summed E-state index contributed by atoms with van der Waals surface area (Å²) >= 11 is 6.41. The van der Waals surface area contributed by atoms with Gasteiger partial charge in [0, 0.05) is 12.2 Å². The third-order valence-electron chi connectivity index (χ3n) is 3.68. The van der Waals surface area contributed by atoms with Crippen LogP contribution in [-0.2, 0) is 16.1 Å². The van der Waals surface area contributed by atoms with Crippen LogP contribution in [0.3, 0.4) is 0 Å². The summed E-state index contributed by atoms with van der Waals surface area (Å²) in [4.78, 5) is 12.6. The molecule has 0 atom stereocenters. The Kier molecular flexibility index (Phi) is 7.11. The van der Waals surface area contributed by atoms with Gasteiger partial charge < -0.3 is 20.3 Å². The number of carbonyl (C=O) groups is 1. The van der Waals surface area contributed by atoms with E-state index in [9.17, 15) is 15.0 Å². The van der Waals surface area contributed by atoms with Gasteiger partial charge in [-0.1, -0.05) is 30.3 Å². The van der Waals surface area contributed by atoms with Crippen LogP contribution < -0.4 is 5.32 Å². The van der Waals surface area contributed by atoms with Crippen LogP contribution in [0, 0.1) is 0 Å². The molecule has 7 heteroatoms. The van der Waals surface area contributed by atoms with E-state index in [2.05, 4.69) is 37.2 Å². The molecule has 0 aliphatic carbocycles. The molecule has 2 rings (SSSR count). The molecule has 0 amide bonds. The molecule has 0 aromatic heterocycles. The molecule has 0 aliphatic rings. The Balaban J connectivity index is 2.50. The van der Waals surface area contributed by atoms with Crippen molar-refractivity contribution in [2.45, 2.75) is 20.4 Å². The van der Waals surface area contributed by atoms with E-state index in [1.807, 2.05) is 30.3 Å². The quantitative estimate of drug-likeness (QED) is 0.314. The van der Waals surface area contributed by atoms with Gasteiger partial charge in [0.25, 0.3) is 0 Å². The van der Waals surface area contributed by atoms with Crippen LogP contribution in [0.15, 0.2) is 51.0 Å². The van der Waals surface area contributed by atoms with Gasteiger partial charge in [-0.3, -0.25) is 0 Å². The molecular formula is C19H19Br2NO4. The first-order valence-corrected chi connectivity index (χ1v) is 9.51. The molecule has 0 saturated heterocycles. The van der Waals surface area contributed by atoms with Crippen LogP contribution in [0.2, 0.25) is 0 Å². The van der Waals surface area contributed by atoms with Crippen molar-refractivity contribution < 1.29 is 19.7 Å². The topological polar surface area (TPSA) is 78.8 Å². The van der Waals surface area contributed by atoms with E-state index in [0.29, 0.717) is 16.7 Å². The van der Waals surface area contributed by atoms with Crippen molar-refractivity contribution in [2.24, 2.45) is 0 Å². The predicted octanol–water partition coefficient (Wildman–Crippen LogP) is 4.71. The summed E-state index contributed by atoms with van der Waals surface area (Å²) in [5.74, 6) is -0.871. The minimum Gasteiger partial charge on any atom is -0.507 e. The van der Waals surface area contributed by atoms with Gasteiger partial charge in [0.1, 0.15) is 11.5 Å². The highest BCUT2D eigenvalue weighted by Gasteiger charge is 2.25. The monoisotopic (exact) mass is 483 g/mol. The average molecular weight is 485 g/mol. The molecule has 0 radical (unpaired) electrons. The zero-order chi connectivity index (χ0) is 19.3. The molecule has 2 aromatic carbocycles. The number of ether oxygens (including phenoxy) is 1. The van der Waals surface area contributed by atoms with E-state index in [1.54, 1.807) is 13.8 Å². The highest BCUT2D eigenvalue weighted by Crippen LogP contribution is 2.44. The average Bonchev–Trinajstić information content (AvgIpc) is 2.62. The summed E-state index contributed by atoms with van der Waals surface area (Å²) in [6.45, 7) is 4.11. The van der Waals surface area contributed by atoms with Gasteiger partial charge >= 0.3 is 5.97 Å². The summed E-state index contributed by atoms with van der Waals surface area (Å²) in [5.41, 5.74) is 1.87. The largest absolute Gasteiger partial charge is 0.507 e. The molecule has 0 unspecified atom stereocenters. The number of nitrogens with one attached hydrogen (secondary N) is 1. The van der Waals surface area contributed by atoms with Gasteiger partial charge in [-0.15, -0.1) is 0 Å². The number of hydrogen-bond acceptors (Lipinski definition) is 5. The Hall–Kier alpha value is -1.99. The molecule has 26 heavy (non-hydrogen) atoms. The first-order chi connectivity index (χ1) is 12.4. The molecule has 138 valence electrons. The fourth-order valence-corrected chi connectivity index (χ4v) is 3.69. The van der Waals surface area contributed by atoms with Crippen LogP contribution >= 0.6 is 31.9 Å². The number of aromatic hydroxyl groups is 2. The summed E-state index contributed by atoms with van der Waals surface area (Å²) in [5, 5.41) is 23.7. The molecule has 0 spiro atoms. The van der Waals surface area contributed by atoms with E-state index in [-0.39, 0.29) is 33.7 Å². The maximum absolute atomic E-state index is 12.6. The fraction of sp³-hybridized carbons (Fsp3) is 0.211. The Morgan fingerprint density at radius 3 is 2.46 bits per heavy atom. The molecule has 2 aromatic rings. The minimum absolute atomic E-state index is 0.115. The van der Waals surface area contributed by atoms with Crippen molar-refractivity contribution >= 4 is 43.4 Å². The third kappa shape index (κ3) is 4.59. The van der Waals surface area contributed by atoms with Gasteiger partial charge in [-0.05, 0) is 57.3 Å². The van der Waals surface area contributed by atoms with E-state index in [0.717, 1.165) is 5.56 Å². The van der Waals surface area contributed by atoms with Crippen LogP contribution in [0.5, 0.6) is 11.5 Å². The number of phenols is 2. The number of rotatable bonds is 6. The first-order valence-electron chi connectivity index (χ1n) is 7.92. The number of halogens is 2. The molecule has 0 aliphatic heterocycles. The van der Waals surface area contributed by atoms with Crippen molar-refractivity contribution in [3.05, 3.63) is 62.2 Å². The lowest BCUT2D eigenvalue weighted by molar-refractivity contribution is -0.136. The molecule has 0 bridgehead atoms. The van der Waals surface area contributed by atoms with E-state index in [1.165, 1.54) is 6.07 Å². The number of phenolic OH excluding ortho intramolecular Hbond substituents is 2. The van der Waals surface area contributed by atoms with E-state index >= 15 is 0 Å². The van der Waals surface area contributed by atoms with Crippen molar-refractivity contribution in [2.75, 3.05) is 6.61 Å². The van der Waals surface area contributed by atoms with Gasteiger partial charge in [-0.2, -0.15) is 0 Å². The lowest BCUT2D eigenvalue weighted by atomic mass is 10.0. The van der Waals surface area contributed by atoms with Crippen LogP contribution in [-0.4, -0.2) is 22.8 Å². The van der Waals surface area contributed by atoms with Crippen LogP contribution in [0.4, 0.5) is 0 Å². The zero-order valence-corrected chi connectivity index (χ0v) is 17.5. The Morgan fingerprint density at radius 2 is 1.85 bits per heavy atom. The minimum atomic E-state index is -0.594. The second-order valence-electron chi connectivity index (χ2n) is 5.47. The first kappa shape index (κ1) is 20.3. The third-order valence-corrected chi connectivity index (χ3v) is 5.05. The maximum Gasteiger partial charge on any atom is 0.340 e. The summed E-state index contributed by atoms with van der Waals surface area (Å²) in [6, 6.07) is 11.0. The highest BCUT2D eigenvalue weighted by atomic mass is 79.9. The van der Waals surface area contributed by atoms with Gasteiger partial charge in [-0.25, -0.2) is 4.79 Å². The summed E-state index contributed by atoms with van der Waals surface area (Å²) in [6.07, 6.45) is 0. The van der Waals surface area contributed by atoms with Crippen molar-refractivity contribution in [1.29, 1.82) is 0 Å². The standard InChI is InChI=1S/C19H19Br2NO4/c1-3-26-19(25)15(11(2)22-10-12-7-5-4-6-8-12)16-14(23)9-13(20)18(24)17(16)21/h4-9,22-24H,3,10H2,1-2H3. The van der Waals surface area contributed by atoms with Gasteiger partial charge in [0.2, 0.25) is 0 Å². The normalized spacial score (nSPS) is 11.7. The molecule has 0 saturated carbocycles. The van der Waals surface area contributed by atoms with Gasteiger partial charge in [0.05, 0.1) is 26.7 Å². The maximum atomic E-state index is 12.6. The van der Waals surface area contributed by atoms with Crippen molar-refractivity contribution in [1.82, 2.24) is 5.32 Å². The Morgan fingerprint density at radius 1 is 1.19 bits per heavy atom. The lowest BCUT2D eigenvalue weighted by Crippen LogP contribution is -2.18.